The Morgan fingerprint density at radius 3 is 2.56 bits per heavy atom. The van der Waals surface area contributed by atoms with Gasteiger partial charge in [-0.05, 0) is 31.2 Å². The van der Waals surface area contributed by atoms with E-state index in [0.29, 0.717) is 0 Å². The summed E-state index contributed by atoms with van der Waals surface area (Å²) in [5.74, 6) is 1.56. The zero-order valence-corrected chi connectivity index (χ0v) is 10.8. The van der Waals surface area contributed by atoms with Crippen LogP contribution in [0.1, 0.15) is 39.5 Å². The molecule has 1 N–H and O–H groups in total. The summed E-state index contributed by atoms with van der Waals surface area (Å²) in [7, 11) is 1.45. The Hall–Kier alpha value is -0.570. The fourth-order valence-corrected chi connectivity index (χ4v) is 2.32. The van der Waals surface area contributed by atoms with Crippen molar-refractivity contribution in [2.75, 3.05) is 20.2 Å². The molecule has 0 radical (unpaired) electrons. The summed E-state index contributed by atoms with van der Waals surface area (Å²) >= 11 is 0. The van der Waals surface area contributed by atoms with E-state index in [-0.39, 0.29) is 11.9 Å². The van der Waals surface area contributed by atoms with E-state index in [9.17, 15) is 4.79 Å². The molecule has 0 saturated heterocycles. The summed E-state index contributed by atoms with van der Waals surface area (Å²) in [6, 6.07) is 0. The van der Waals surface area contributed by atoms with Crippen LogP contribution in [0.4, 0.5) is 0 Å². The molecule has 1 fully saturated rings. The van der Waals surface area contributed by atoms with Gasteiger partial charge < -0.3 is 10.1 Å². The van der Waals surface area contributed by atoms with Gasteiger partial charge in [-0.15, -0.1) is 0 Å². The lowest BCUT2D eigenvalue weighted by molar-refractivity contribution is -0.144. The summed E-state index contributed by atoms with van der Waals surface area (Å²) in [5, 5.41) is 3.38. The highest BCUT2D eigenvalue weighted by Gasteiger charge is 2.18. The smallest absolute Gasteiger partial charge is 0.309 e. The number of nitrogens with one attached hydrogen (secondary N) is 1. The maximum atomic E-state index is 11.2. The van der Waals surface area contributed by atoms with Crippen molar-refractivity contribution in [3.05, 3.63) is 0 Å². The number of rotatable bonds is 5. The van der Waals surface area contributed by atoms with E-state index in [1.165, 1.54) is 32.8 Å². The van der Waals surface area contributed by atoms with Crippen LogP contribution in [0.5, 0.6) is 0 Å². The monoisotopic (exact) mass is 227 g/mol. The molecule has 0 spiro atoms. The zero-order chi connectivity index (χ0) is 12.0. The van der Waals surface area contributed by atoms with Crippen LogP contribution in [0.25, 0.3) is 0 Å². The Labute approximate surface area is 98.9 Å². The molecule has 0 aromatic carbocycles. The first-order valence-corrected chi connectivity index (χ1v) is 6.42. The zero-order valence-electron chi connectivity index (χ0n) is 10.8. The topological polar surface area (TPSA) is 38.3 Å². The quantitative estimate of drug-likeness (QED) is 0.732. The Kier molecular flexibility index (Phi) is 5.81. The first kappa shape index (κ1) is 13.5. The van der Waals surface area contributed by atoms with E-state index in [4.69, 9.17) is 0 Å². The van der Waals surface area contributed by atoms with Crippen molar-refractivity contribution >= 4 is 5.97 Å². The van der Waals surface area contributed by atoms with Crippen LogP contribution >= 0.6 is 0 Å². The van der Waals surface area contributed by atoms with Gasteiger partial charge in [-0.1, -0.05) is 26.7 Å². The number of hydrogen-bond donors (Lipinski definition) is 1. The molecule has 1 saturated carbocycles. The van der Waals surface area contributed by atoms with Crippen LogP contribution < -0.4 is 5.32 Å². The molecule has 94 valence electrons. The highest BCUT2D eigenvalue weighted by molar-refractivity contribution is 5.71. The molecule has 0 amide bonds. The molecule has 1 rings (SSSR count). The third kappa shape index (κ3) is 4.52. The average Bonchev–Trinajstić information content (AvgIpc) is 2.30. The molecule has 3 heteroatoms. The lowest BCUT2D eigenvalue weighted by atomic mass is 9.83. The Morgan fingerprint density at radius 2 is 2.00 bits per heavy atom. The third-order valence-electron chi connectivity index (χ3n) is 3.62. The van der Waals surface area contributed by atoms with Gasteiger partial charge in [0.05, 0.1) is 13.0 Å². The van der Waals surface area contributed by atoms with Crippen LogP contribution in [0.3, 0.4) is 0 Å². The SMILES string of the molecule is COC(=O)C(C)CNCC1CCC(C)CC1. The molecule has 1 atom stereocenters. The molecule has 3 nitrogen and oxygen atoms in total. The largest absolute Gasteiger partial charge is 0.469 e. The molecule has 1 aliphatic carbocycles. The van der Waals surface area contributed by atoms with E-state index in [0.717, 1.165) is 24.9 Å². The number of carbonyl (C=O) groups excluding carboxylic acids is 1. The van der Waals surface area contributed by atoms with Crippen LogP contribution in [-0.4, -0.2) is 26.2 Å². The molecule has 1 unspecified atom stereocenters. The van der Waals surface area contributed by atoms with Gasteiger partial charge in [-0.25, -0.2) is 0 Å². The Balaban J connectivity index is 2.09. The number of carbonyl (C=O) groups is 1. The van der Waals surface area contributed by atoms with E-state index in [2.05, 4.69) is 17.0 Å². The van der Waals surface area contributed by atoms with Gasteiger partial charge in [-0.3, -0.25) is 4.79 Å². The Morgan fingerprint density at radius 1 is 1.38 bits per heavy atom. The van der Waals surface area contributed by atoms with Crippen molar-refractivity contribution in [1.82, 2.24) is 5.32 Å². The van der Waals surface area contributed by atoms with Gasteiger partial charge in [0, 0.05) is 6.54 Å². The molecular weight excluding hydrogens is 202 g/mol. The van der Waals surface area contributed by atoms with Gasteiger partial charge in [-0.2, -0.15) is 0 Å². The first-order chi connectivity index (χ1) is 7.63. The number of hydrogen-bond acceptors (Lipinski definition) is 3. The lowest BCUT2D eigenvalue weighted by Gasteiger charge is -2.26. The van der Waals surface area contributed by atoms with Crippen molar-refractivity contribution in [3.63, 3.8) is 0 Å². The highest BCUT2D eigenvalue weighted by atomic mass is 16.5. The molecule has 16 heavy (non-hydrogen) atoms. The second-order valence-corrected chi connectivity index (χ2v) is 5.21. The minimum atomic E-state index is -0.121. The summed E-state index contributed by atoms with van der Waals surface area (Å²) in [4.78, 5) is 11.2. The minimum absolute atomic E-state index is 0.0347. The summed E-state index contributed by atoms with van der Waals surface area (Å²) in [6.45, 7) is 6.03. The predicted molar refractivity (Wildman–Crippen MR) is 65.2 cm³/mol. The molecule has 0 bridgehead atoms. The second-order valence-electron chi connectivity index (χ2n) is 5.21. The van der Waals surface area contributed by atoms with E-state index in [1.54, 1.807) is 0 Å². The van der Waals surface area contributed by atoms with Gasteiger partial charge >= 0.3 is 5.97 Å². The molecular formula is C13H25NO2. The first-order valence-electron chi connectivity index (χ1n) is 6.42. The van der Waals surface area contributed by atoms with E-state index in [1.807, 2.05) is 6.92 Å². The normalized spacial score (nSPS) is 27.4. The van der Waals surface area contributed by atoms with Crippen molar-refractivity contribution < 1.29 is 9.53 Å². The Bertz CT molecular complexity index is 210. The number of ether oxygens (including phenoxy) is 1. The molecule has 0 aliphatic heterocycles. The van der Waals surface area contributed by atoms with Crippen molar-refractivity contribution in [1.29, 1.82) is 0 Å². The highest BCUT2D eigenvalue weighted by Crippen LogP contribution is 2.27. The second kappa shape index (κ2) is 6.89. The van der Waals surface area contributed by atoms with Gasteiger partial charge in [0.2, 0.25) is 0 Å². The fourth-order valence-electron chi connectivity index (χ4n) is 2.32. The molecule has 1 aliphatic rings. The minimum Gasteiger partial charge on any atom is -0.469 e. The van der Waals surface area contributed by atoms with Crippen LogP contribution in [0.15, 0.2) is 0 Å². The van der Waals surface area contributed by atoms with E-state index >= 15 is 0 Å². The number of esters is 1. The lowest BCUT2D eigenvalue weighted by Crippen LogP contribution is -2.32. The van der Waals surface area contributed by atoms with Crippen LogP contribution in [-0.2, 0) is 9.53 Å². The van der Waals surface area contributed by atoms with Crippen LogP contribution in [0, 0.1) is 17.8 Å². The predicted octanol–water partition coefficient (Wildman–Crippen LogP) is 2.21. The maximum Gasteiger partial charge on any atom is 0.309 e. The van der Waals surface area contributed by atoms with Crippen molar-refractivity contribution in [2.24, 2.45) is 17.8 Å². The number of methoxy groups -OCH3 is 1. The van der Waals surface area contributed by atoms with Gasteiger partial charge in [0.15, 0.2) is 0 Å². The van der Waals surface area contributed by atoms with Crippen molar-refractivity contribution in [2.45, 2.75) is 39.5 Å². The molecule has 0 aromatic rings. The standard InChI is InChI=1S/C13H25NO2/c1-10-4-6-12(7-5-10)9-14-8-11(2)13(15)16-3/h10-12,14H,4-9H2,1-3H3. The van der Waals surface area contributed by atoms with Crippen molar-refractivity contribution in [3.8, 4) is 0 Å². The van der Waals surface area contributed by atoms with E-state index < -0.39 is 0 Å². The summed E-state index contributed by atoms with van der Waals surface area (Å²) in [5.41, 5.74) is 0. The maximum absolute atomic E-state index is 11.2. The fraction of sp³-hybridized carbons (Fsp3) is 0.923. The average molecular weight is 227 g/mol. The van der Waals surface area contributed by atoms with Gasteiger partial charge in [0.25, 0.3) is 0 Å². The third-order valence-corrected chi connectivity index (χ3v) is 3.62. The summed E-state index contributed by atoms with van der Waals surface area (Å²) in [6.07, 6.45) is 5.39. The molecule has 0 aromatic heterocycles. The molecule has 0 heterocycles. The van der Waals surface area contributed by atoms with Gasteiger partial charge in [0.1, 0.15) is 0 Å². The summed E-state index contributed by atoms with van der Waals surface area (Å²) < 4.78 is 4.69. The van der Waals surface area contributed by atoms with Crippen LogP contribution in [0.2, 0.25) is 0 Å².